The van der Waals surface area contributed by atoms with Gasteiger partial charge in [0.25, 0.3) is 0 Å². The summed E-state index contributed by atoms with van der Waals surface area (Å²) in [4.78, 5) is 14.9. The minimum atomic E-state index is 0.475. The van der Waals surface area contributed by atoms with Gasteiger partial charge in [0, 0.05) is 38.1 Å². The molecular weight excluding hydrogens is 352 g/mol. The molecule has 5 heterocycles. The third-order valence-corrected chi connectivity index (χ3v) is 5.67. The lowest BCUT2D eigenvalue weighted by molar-refractivity contribution is 0.228. The molecular formula is C17H21ClN8. The van der Waals surface area contributed by atoms with E-state index in [1.807, 2.05) is 10.9 Å². The summed E-state index contributed by atoms with van der Waals surface area (Å²) in [6.45, 7) is 5.99. The van der Waals surface area contributed by atoms with Crippen LogP contribution in [0.4, 0.5) is 17.5 Å². The Kier molecular flexibility index (Phi) is 3.75. The Bertz CT molecular complexity index is 948. The second-order valence-corrected chi connectivity index (χ2v) is 7.32. The number of nitrogens with one attached hydrogen (secondary N) is 3. The summed E-state index contributed by atoms with van der Waals surface area (Å²) in [5.41, 5.74) is 1.62. The summed E-state index contributed by atoms with van der Waals surface area (Å²) < 4.78 is 1.86. The Morgan fingerprint density at radius 1 is 1.38 bits per heavy atom. The molecule has 3 aromatic rings. The Hall–Kier alpha value is -2.32. The zero-order valence-electron chi connectivity index (χ0n) is 14.5. The Labute approximate surface area is 155 Å². The number of aromatic nitrogens is 5. The van der Waals surface area contributed by atoms with Crippen LogP contribution in [0.5, 0.6) is 0 Å². The van der Waals surface area contributed by atoms with E-state index in [1.165, 1.54) is 6.42 Å². The number of aromatic amines is 1. The lowest BCUT2D eigenvalue weighted by Gasteiger charge is -2.51. The highest BCUT2D eigenvalue weighted by molar-refractivity contribution is 6.36. The van der Waals surface area contributed by atoms with E-state index < -0.39 is 0 Å². The summed E-state index contributed by atoms with van der Waals surface area (Å²) in [7, 11) is 0. The lowest BCUT2D eigenvalue weighted by Crippen LogP contribution is -2.64. The Morgan fingerprint density at radius 2 is 2.31 bits per heavy atom. The minimum absolute atomic E-state index is 0.475. The monoisotopic (exact) mass is 372 g/mol. The van der Waals surface area contributed by atoms with Crippen LogP contribution < -0.4 is 15.5 Å². The first-order valence-corrected chi connectivity index (χ1v) is 9.42. The molecule has 0 bridgehead atoms. The molecule has 2 saturated heterocycles. The van der Waals surface area contributed by atoms with Gasteiger partial charge in [-0.3, -0.25) is 4.68 Å². The van der Waals surface area contributed by atoms with Crippen LogP contribution in [-0.4, -0.2) is 50.4 Å². The first-order chi connectivity index (χ1) is 12.7. The van der Waals surface area contributed by atoms with Gasteiger partial charge in [0.15, 0.2) is 0 Å². The van der Waals surface area contributed by atoms with E-state index in [-0.39, 0.29) is 0 Å². The van der Waals surface area contributed by atoms with Crippen LogP contribution >= 0.6 is 11.6 Å². The molecule has 0 amide bonds. The molecule has 0 saturated carbocycles. The average molecular weight is 373 g/mol. The molecule has 0 aliphatic carbocycles. The molecule has 2 atom stereocenters. The highest BCUT2D eigenvalue weighted by Gasteiger charge is 2.42. The normalized spacial score (nSPS) is 22.3. The van der Waals surface area contributed by atoms with Crippen molar-refractivity contribution >= 4 is 40.1 Å². The molecule has 26 heavy (non-hydrogen) atoms. The fourth-order valence-electron chi connectivity index (χ4n) is 3.94. The molecule has 2 unspecified atom stereocenters. The van der Waals surface area contributed by atoms with E-state index in [9.17, 15) is 0 Å². The number of rotatable bonds is 4. The first-order valence-electron chi connectivity index (χ1n) is 9.04. The molecule has 2 aliphatic heterocycles. The second-order valence-electron chi connectivity index (χ2n) is 6.91. The van der Waals surface area contributed by atoms with E-state index >= 15 is 0 Å². The predicted molar refractivity (Wildman–Crippen MR) is 102 cm³/mol. The fraction of sp³-hybridized carbons (Fsp3) is 0.471. The largest absolute Gasteiger partial charge is 0.351 e. The third-order valence-electron chi connectivity index (χ3n) is 5.37. The molecule has 2 fully saturated rings. The van der Waals surface area contributed by atoms with Gasteiger partial charge >= 0.3 is 0 Å². The van der Waals surface area contributed by atoms with Crippen LogP contribution in [0, 0.1) is 5.92 Å². The molecule has 5 rings (SSSR count). The maximum absolute atomic E-state index is 6.43. The number of aryl methyl sites for hydroxylation is 1. The van der Waals surface area contributed by atoms with Crippen molar-refractivity contribution in [3.8, 4) is 0 Å². The van der Waals surface area contributed by atoms with Gasteiger partial charge in [-0.1, -0.05) is 11.6 Å². The smallest absolute Gasteiger partial charge is 0.231 e. The van der Waals surface area contributed by atoms with E-state index in [0.717, 1.165) is 54.6 Å². The van der Waals surface area contributed by atoms with E-state index in [2.05, 4.69) is 37.5 Å². The Morgan fingerprint density at radius 3 is 3.12 bits per heavy atom. The van der Waals surface area contributed by atoms with E-state index in [0.29, 0.717) is 17.0 Å². The number of fused-ring (bicyclic) bond motifs is 2. The highest BCUT2D eigenvalue weighted by Crippen LogP contribution is 2.39. The SMILES string of the molecule is CCn1cc(Nc2nc(N3CC4CCNCC43)c3c(Cl)c[nH]c3n2)cn1. The Balaban J connectivity index is 1.52. The van der Waals surface area contributed by atoms with Crippen LogP contribution in [0.25, 0.3) is 11.0 Å². The molecule has 3 aromatic heterocycles. The van der Waals surface area contributed by atoms with Crippen molar-refractivity contribution in [2.75, 3.05) is 29.9 Å². The van der Waals surface area contributed by atoms with Crippen molar-refractivity contribution < 1.29 is 0 Å². The van der Waals surface area contributed by atoms with E-state index in [1.54, 1.807) is 12.4 Å². The van der Waals surface area contributed by atoms with Crippen molar-refractivity contribution in [1.29, 1.82) is 0 Å². The number of hydrogen-bond acceptors (Lipinski definition) is 6. The average Bonchev–Trinajstić information content (AvgIpc) is 3.23. The van der Waals surface area contributed by atoms with Crippen LogP contribution in [0.2, 0.25) is 5.02 Å². The molecule has 2 aliphatic rings. The number of piperidine rings is 1. The van der Waals surface area contributed by atoms with Crippen molar-refractivity contribution in [3.63, 3.8) is 0 Å². The number of anilines is 3. The van der Waals surface area contributed by atoms with Crippen LogP contribution in [0.1, 0.15) is 13.3 Å². The quantitative estimate of drug-likeness (QED) is 0.651. The molecule has 8 nitrogen and oxygen atoms in total. The van der Waals surface area contributed by atoms with Gasteiger partial charge in [-0.05, 0) is 25.8 Å². The van der Waals surface area contributed by atoms with Gasteiger partial charge in [-0.25, -0.2) is 0 Å². The van der Waals surface area contributed by atoms with Gasteiger partial charge in [0.1, 0.15) is 11.5 Å². The number of H-pyrrole nitrogens is 1. The first kappa shape index (κ1) is 15.9. The molecule has 0 spiro atoms. The fourth-order valence-corrected chi connectivity index (χ4v) is 4.17. The molecule has 3 N–H and O–H groups in total. The maximum Gasteiger partial charge on any atom is 0.231 e. The van der Waals surface area contributed by atoms with Crippen LogP contribution in [0.15, 0.2) is 18.6 Å². The highest BCUT2D eigenvalue weighted by atomic mass is 35.5. The van der Waals surface area contributed by atoms with Crippen molar-refractivity contribution in [2.45, 2.75) is 25.9 Å². The van der Waals surface area contributed by atoms with Crippen LogP contribution in [0.3, 0.4) is 0 Å². The second kappa shape index (κ2) is 6.14. The number of halogens is 1. The standard InChI is InChI=1S/C17H21ClN8/c1-2-25-9-11(5-21-25)22-17-23-15-14(12(18)6-20-15)16(24-17)26-8-10-3-4-19-7-13(10)26/h5-6,9-10,13,19H,2-4,7-8H2,1H3,(H2,20,22,23,24). The third kappa shape index (κ3) is 2.52. The molecule has 0 aromatic carbocycles. The molecule has 0 radical (unpaired) electrons. The zero-order chi connectivity index (χ0) is 17.7. The summed E-state index contributed by atoms with van der Waals surface area (Å²) in [6, 6.07) is 0.475. The molecule has 9 heteroatoms. The topological polar surface area (TPSA) is 86.7 Å². The number of hydrogen-bond donors (Lipinski definition) is 3. The lowest BCUT2D eigenvalue weighted by atomic mass is 9.83. The molecule has 136 valence electrons. The minimum Gasteiger partial charge on any atom is -0.351 e. The summed E-state index contributed by atoms with van der Waals surface area (Å²) in [5, 5.41) is 12.6. The summed E-state index contributed by atoms with van der Waals surface area (Å²) in [5.74, 6) is 2.18. The van der Waals surface area contributed by atoms with Crippen molar-refractivity contribution in [3.05, 3.63) is 23.6 Å². The maximum atomic E-state index is 6.43. The summed E-state index contributed by atoms with van der Waals surface area (Å²) in [6.07, 6.45) is 6.72. The van der Waals surface area contributed by atoms with Crippen molar-refractivity contribution in [2.24, 2.45) is 5.92 Å². The van der Waals surface area contributed by atoms with Gasteiger partial charge in [-0.15, -0.1) is 0 Å². The van der Waals surface area contributed by atoms with E-state index in [4.69, 9.17) is 16.6 Å². The zero-order valence-corrected chi connectivity index (χ0v) is 15.3. The van der Waals surface area contributed by atoms with Crippen LogP contribution in [-0.2, 0) is 6.54 Å². The van der Waals surface area contributed by atoms with Gasteiger partial charge in [0.05, 0.1) is 22.3 Å². The predicted octanol–water partition coefficient (Wildman–Crippen LogP) is 2.37. The van der Waals surface area contributed by atoms with Crippen molar-refractivity contribution in [1.82, 2.24) is 30.0 Å². The van der Waals surface area contributed by atoms with Gasteiger partial charge < -0.3 is 20.5 Å². The number of nitrogens with zero attached hydrogens (tertiary/aromatic N) is 5. The van der Waals surface area contributed by atoms with Gasteiger partial charge in [0.2, 0.25) is 5.95 Å². The van der Waals surface area contributed by atoms with Gasteiger partial charge in [-0.2, -0.15) is 15.1 Å². The summed E-state index contributed by atoms with van der Waals surface area (Å²) >= 11 is 6.43.